The largest absolute Gasteiger partial charge is 0.444 e. The molecule has 48 heavy (non-hydrogen) atoms. The minimum Gasteiger partial charge on any atom is -0.444 e. The molecule has 2 heterocycles. The van der Waals surface area contributed by atoms with Crippen LogP contribution in [0.3, 0.4) is 0 Å². The van der Waals surface area contributed by atoms with Crippen LogP contribution in [0, 0.1) is 11.8 Å². The smallest absolute Gasteiger partial charge is 0.407 e. The van der Waals surface area contributed by atoms with Gasteiger partial charge >= 0.3 is 12.1 Å². The molecule has 2 aliphatic heterocycles. The fourth-order valence-electron chi connectivity index (χ4n) is 5.67. The fourth-order valence-corrected chi connectivity index (χ4v) is 5.67. The minimum atomic E-state index is -0.987. The molecule has 0 aromatic heterocycles. The number of carbonyl (C=O) groups is 5. The Morgan fingerprint density at radius 2 is 1.62 bits per heavy atom. The Balaban J connectivity index is 1.61. The second-order valence-corrected chi connectivity index (χ2v) is 14.3. The van der Waals surface area contributed by atoms with Crippen LogP contribution < -0.4 is 27.4 Å². The van der Waals surface area contributed by atoms with Crippen molar-refractivity contribution in [3.8, 4) is 0 Å². The van der Waals surface area contributed by atoms with E-state index in [-0.39, 0.29) is 43.3 Å². The van der Waals surface area contributed by atoms with Gasteiger partial charge in [-0.2, -0.15) is 0 Å². The zero-order chi connectivity index (χ0) is 35.8. The number of ketones is 2. The van der Waals surface area contributed by atoms with Gasteiger partial charge in [0.05, 0.1) is 12.1 Å². The zero-order valence-electron chi connectivity index (χ0n) is 29.1. The molecule has 4 amide bonds. The topological polar surface area (TPSA) is 210 Å². The van der Waals surface area contributed by atoms with E-state index in [1.807, 2.05) is 38.1 Å². The first kappa shape index (κ1) is 38.9. The summed E-state index contributed by atoms with van der Waals surface area (Å²) in [5, 5.41) is 8.09. The number of hydrogen-bond acceptors (Lipinski definition) is 10. The molecule has 0 aliphatic carbocycles. The van der Waals surface area contributed by atoms with Gasteiger partial charge in [-0.15, -0.1) is 0 Å². The Hall–Kier alpha value is -3.59. The van der Waals surface area contributed by atoms with Crippen LogP contribution in [-0.2, 0) is 46.2 Å². The van der Waals surface area contributed by atoms with E-state index in [1.54, 1.807) is 34.6 Å². The van der Waals surface area contributed by atoms with Crippen molar-refractivity contribution in [3.63, 3.8) is 0 Å². The molecule has 1 aromatic rings. The molecule has 14 heteroatoms. The first-order chi connectivity index (χ1) is 22.3. The predicted octanol–water partition coefficient (Wildman–Crippen LogP) is 2.23. The van der Waals surface area contributed by atoms with Crippen LogP contribution >= 0.6 is 0 Å². The SMILES string of the molecule is CC(C)[C@@H](CC(=O)[C@H]1O[C@@H]2OC(C)(C)O[C@@H]2[C@@H]1N)C(=O)N[C@H](CCCNC(N)=O)C(=O)Cc1ccc(CCNC(=O)OC(C)(C)C)cc1. The highest BCUT2D eigenvalue weighted by molar-refractivity contribution is 5.94. The monoisotopic (exact) mass is 675 g/mol. The minimum absolute atomic E-state index is 0.0554. The third-order valence-corrected chi connectivity index (χ3v) is 8.13. The summed E-state index contributed by atoms with van der Waals surface area (Å²) < 4.78 is 22.6. The Morgan fingerprint density at radius 1 is 0.979 bits per heavy atom. The van der Waals surface area contributed by atoms with E-state index in [0.29, 0.717) is 19.4 Å². The van der Waals surface area contributed by atoms with Crippen LogP contribution in [0.2, 0.25) is 0 Å². The number of hydrogen-bond donors (Lipinski definition) is 5. The van der Waals surface area contributed by atoms with Crippen LogP contribution in [0.1, 0.15) is 78.9 Å². The summed E-state index contributed by atoms with van der Waals surface area (Å²) in [6, 6.07) is 5.13. The van der Waals surface area contributed by atoms with Gasteiger partial charge in [-0.3, -0.25) is 14.4 Å². The lowest BCUT2D eigenvalue weighted by atomic mass is 9.86. The summed E-state index contributed by atoms with van der Waals surface area (Å²) in [5.41, 5.74) is 12.6. The van der Waals surface area contributed by atoms with Crippen molar-refractivity contribution in [1.29, 1.82) is 0 Å². The normalized spacial score (nSPS) is 22.8. The number of carbonyl (C=O) groups excluding carboxylic acids is 5. The number of amides is 4. The third kappa shape index (κ3) is 11.8. The van der Waals surface area contributed by atoms with E-state index in [2.05, 4.69) is 16.0 Å². The summed E-state index contributed by atoms with van der Waals surface area (Å²) in [6.45, 7) is 13.1. The zero-order valence-corrected chi connectivity index (χ0v) is 29.1. The summed E-state index contributed by atoms with van der Waals surface area (Å²) in [5.74, 6) is -2.86. The average Bonchev–Trinajstić information content (AvgIpc) is 3.44. The van der Waals surface area contributed by atoms with E-state index in [0.717, 1.165) is 11.1 Å². The number of nitrogens with one attached hydrogen (secondary N) is 3. The molecular weight excluding hydrogens is 622 g/mol. The molecule has 1 aromatic carbocycles. The number of rotatable bonds is 16. The quantitative estimate of drug-likeness (QED) is 0.161. The molecule has 14 nitrogen and oxygen atoms in total. The van der Waals surface area contributed by atoms with Gasteiger partial charge < -0.3 is 46.4 Å². The van der Waals surface area contributed by atoms with Crippen molar-refractivity contribution >= 4 is 29.6 Å². The van der Waals surface area contributed by atoms with E-state index in [1.165, 1.54) is 0 Å². The summed E-state index contributed by atoms with van der Waals surface area (Å²) in [7, 11) is 0. The lowest BCUT2D eigenvalue weighted by molar-refractivity contribution is -0.206. The number of nitrogens with two attached hydrogens (primary N) is 2. The van der Waals surface area contributed by atoms with E-state index in [4.69, 9.17) is 30.4 Å². The van der Waals surface area contributed by atoms with Crippen molar-refractivity contribution in [2.75, 3.05) is 13.1 Å². The second-order valence-electron chi connectivity index (χ2n) is 14.3. The van der Waals surface area contributed by atoms with Crippen LogP contribution in [0.4, 0.5) is 9.59 Å². The van der Waals surface area contributed by atoms with Crippen LogP contribution in [0.15, 0.2) is 24.3 Å². The number of primary amides is 1. The average molecular weight is 676 g/mol. The van der Waals surface area contributed by atoms with Gasteiger partial charge in [0, 0.05) is 31.8 Å². The standard InChI is InChI=1S/C34H53N5O9/c1-19(2)22(18-25(41)27-26(35)28-30(45-27)47-34(6,7)46-28)29(42)39-23(9-8-15-37-31(36)43)24(40)17-21-12-10-20(11-13-21)14-16-38-32(44)48-33(3,4)5/h10-13,19,22-23,26-28,30H,8-9,14-18,35H2,1-7H3,(H,38,44)(H,39,42)(H3,36,37,43)/t22-,23-,26-,27-,28-,30-/m1/s1. The fraction of sp³-hybridized carbons (Fsp3) is 0.676. The number of urea groups is 1. The lowest BCUT2D eigenvalue weighted by Gasteiger charge is -2.26. The summed E-state index contributed by atoms with van der Waals surface area (Å²) in [4.78, 5) is 63.5. The molecule has 2 aliphatic rings. The molecule has 2 saturated heterocycles. The molecule has 7 N–H and O–H groups in total. The first-order valence-corrected chi connectivity index (χ1v) is 16.6. The van der Waals surface area contributed by atoms with E-state index in [9.17, 15) is 24.0 Å². The van der Waals surface area contributed by atoms with Gasteiger partial charge in [0.25, 0.3) is 0 Å². The van der Waals surface area contributed by atoms with Crippen molar-refractivity contribution in [3.05, 3.63) is 35.4 Å². The van der Waals surface area contributed by atoms with Crippen molar-refractivity contribution < 1.29 is 42.9 Å². The molecule has 0 unspecified atom stereocenters. The van der Waals surface area contributed by atoms with Gasteiger partial charge in [-0.1, -0.05) is 38.1 Å². The molecule has 0 bridgehead atoms. The highest BCUT2D eigenvalue weighted by Crippen LogP contribution is 2.37. The number of Topliss-reactive ketones (excluding diaryl/α,β-unsaturated/α-hetero) is 2. The molecule has 0 spiro atoms. The van der Waals surface area contributed by atoms with Gasteiger partial charge in [-0.25, -0.2) is 9.59 Å². The number of fused-ring (bicyclic) bond motifs is 1. The van der Waals surface area contributed by atoms with Crippen LogP contribution in [0.25, 0.3) is 0 Å². The molecule has 0 radical (unpaired) electrons. The lowest BCUT2D eigenvalue weighted by Crippen LogP contribution is -2.48. The maximum absolute atomic E-state index is 13.6. The first-order valence-electron chi connectivity index (χ1n) is 16.6. The Morgan fingerprint density at radius 3 is 2.21 bits per heavy atom. The molecule has 2 fully saturated rings. The molecule has 6 atom stereocenters. The number of alkyl carbamates (subject to hydrolysis) is 1. The number of benzene rings is 1. The third-order valence-electron chi connectivity index (χ3n) is 8.13. The van der Waals surface area contributed by atoms with Gasteiger partial charge in [0.15, 0.2) is 23.6 Å². The van der Waals surface area contributed by atoms with E-state index < -0.39 is 65.9 Å². The van der Waals surface area contributed by atoms with Crippen molar-refractivity contribution in [2.45, 2.75) is 123 Å². The van der Waals surface area contributed by atoms with E-state index >= 15 is 0 Å². The molecule has 0 saturated carbocycles. The Bertz CT molecular complexity index is 1290. The summed E-state index contributed by atoms with van der Waals surface area (Å²) >= 11 is 0. The highest BCUT2D eigenvalue weighted by Gasteiger charge is 2.55. The Labute approximate surface area is 282 Å². The molecule has 3 rings (SSSR count). The maximum atomic E-state index is 13.6. The van der Waals surface area contributed by atoms with Gasteiger partial charge in [0.1, 0.15) is 17.8 Å². The van der Waals surface area contributed by atoms with Crippen LogP contribution in [-0.4, -0.2) is 84.7 Å². The second kappa shape index (κ2) is 16.7. The predicted molar refractivity (Wildman–Crippen MR) is 176 cm³/mol. The molecular formula is C34H53N5O9. The molecule has 268 valence electrons. The van der Waals surface area contributed by atoms with Gasteiger partial charge in [-0.05, 0) is 70.9 Å². The highest BCUT2D eigenvalue weighted by atomic mass is 16.8. The maximum Gasteiger partial charge on any atom is 0.407 e. The summed E-state index contributed by atoms with van der Waals surface area (Å²) in [6.07, 6.45) is -1.71. The van der Waals surface area contributed by atoms with Crippen LogP contribution in [0.5, 0.6) is 0 Å². The van der Waals surface area contributed by atoms with Gasteiger partial charge in [0.2, 0.25) is 5.91 Å². The Kier molecular flexibility index (Phi) is 13.5. The number of ether oxygens (including phenoxy) is 4. The van der Waals surface area contributed by atoms with Crippen molar-refractivity contribution in [1.82, 2.24) is 16.0 Å². The van der Waals surface area contributed by atoms with Crippen molar-refractivity contribution in [2.24, 2.45) is 23.3 Å².